The van der Waals surface area contributed by atoms with Gasteiger partial charge in [0.05, 0.1) is 16.3 Å². The summed E-state index contributed by atoms with van der Waals surface area (Å²) < 4.78 is 37.2. The van der Waals surface area contributed by atoms with Crippen LogP contribution < -0.4 is 11.5 Å². The first-order valence-corrected chi connectivity index (χ1v) is 4.10. The molecule has 6 heteroatoms. The molecule has 0 heterocycles. The fraction of sp³-hybridized carbons (Fsp3) is 0.250. The third kappa shape index (κ3) is 1.93. The molecule has 0 aliphatic rings. The largest absolute Gasteiger partial charge is 0.416 e. The number of hydrogen-bond acceptors (Lipinski definition) is 2. The fourth-order valence-electron chi connectivity index (χ4n) is 1.12. The first-order chi connectivity index (χ1) is 6.38. The maximum Gasteiger partial charge on any atom is 0.416 e. The Hall–Kier alpha value is -0.940. The van der Waals surface area contributed by atoms with Crippen molar-refractivity contribution < 1.29 is 13.2 Å². The Bertz CT molecular complexity index is 349. The van der Waals surface area contributed by atoms with Crippen LogP contribution in [0.2, 0.25) is 5.02 Å². The molecule has 0 unspecified atom stereocenters. The molecule has 0 atom stereocenters. The summed E-state index contributed by atoms with van der Waals surface area (Å²) in [5, 5.41) is 0.0819. The number of alkyl halides is 3. The van der Waals surface area contributed by atoms with E-state index in [4.69, 9.17) is 23.1 Å². The first kappa shape index (κ1) is 11.1. The van der Waals surface area contributed by atoms with E-state index < -0.39 is 11.7 Å². The molecular weight excluding hydrogens is 217 g/mol. The zero-order valence-corrected chi connectivity index (χ0v) is 7.78. The van der Waals surface area contributed by atoms with Gasteiger partial charge in [0.25, 0.3) is 0 Å². The third-order valence-electron chi connectivity index (χ3n) is 1.81. The van der Waals surface area contributed by atoms with E-state index in [9.17, 15) is 13.2 Å². The van der Waals surface area contributed by atoms with Gasteiger partial charge in [-0.05, 0) is 12.1 Å². The predicted octanol–water partition coefficient (Wildman–Crippen LogP) is 2.40. The number of benzene rings is 1. The van der Waals surface area contributed by atoms with Crippen LogP contribution in [0.25, 0.3) is 0 Å². The van der Waals surface area contributed by atoms with Crippen molar-refractivity contribution in [2.24, 2.45) is 5.73 Å². The Morgan fingerprint density at radius 3 is 2.29 bits per heavy atom. The summed E-state index contributed by atoms with van der Waals surface area (Å²) >= 11 is 5.57. The smallest absolute Gasteiger partial charge is 0.397 e. The second-order valence-electron chi connectivity index (χ2n) is 2.69. The molecule has 0 bridgehead atoms. The van der Waals surface area contributed by atoms with E-state index >= 15 is 0 Å². The molecule has 0 amide bonds. The highest BCUT2D eigenvalue weighted by molar-refractivity contribution is 6.33. The fourth-order valence-corrected chi connectivity index (χ4v) is 1.30. The minimum Gasteiger partial charge on any atom is -0.397 e. The van der Waals surface area contributed by atoms with Crippen molar-refractivity contribution in [1.29, 1.82) is 0 Å². The van der Waals surface area contributed by atoms with E-state index in [1.807, 2.05) is 0 Å². The average molecular weight is 225 g/mol. The molecule has 1 aromatic carbocycles. The van der Waals surface area contributed by atoms with Gasteiger partial charge in [-0.15, -0.1) is 0 Å². The normalized spacial score (nSPS) is 11.8. The Labute approximate surface area is 83.6 Å². The third-order valence-corrected chi connectivity index (χ3v) is 2.14. The van der Waals surface area contributed by atoms with Crippen LogP contribution >= 0.6 is 11.6 Å². The maximum atomic E-state index is 12.4. The van der Waals surface area contributed by atoms with Crippen LogP contribution in [0.1, 0.15) is 11.1 Å². The number of halogens is 4. The molecule has 1 rings (SSSR count). The van der Waals surface area contributed by atoms with Gasteiger partial charge in [-0.25, -0.2) is 0 Å². The Kier molecular flexibility index (Phi) is 2.92. The molecule has 4 N–H and O–H groups in total. The molecule has 0 aliphatic carbocycles. The summed E-state index contributed by atoms with van der Waals surface area (Å²) in [6.45, 7) is -0.290. The molecule has 0 saturated heterocycles. The Balaban J connectivity index is 3.39. The number of nitrogens with two attached hydrogens (primary N) is 2. The summed E-state index contributed by atoms with van der Waals surface area (Å²) in [5.74, 6) is 0. The molecule has 0 radical (unpaired) electrons. The van der Waals surface area contributed by atoms with Crippen molar-refractivity contribution in [2.75, 3.05) is 5.73 Å². The minimum absolute atomic E-state index is 0.0819. The van der Waals surface area contributed by atoms with Crippen molar-refractivity contribution in [2.45, 2.75) is 12.7 Å². The van der Waals surface area contributed by atoms with Crippen LogP contribution in [0.4, 0.5) is 18.9 Å². The van der Waals surface area contributed by atoms with E-state index in [2.05, 4.69) is 0 Å². The highest BCUT2D eigenvalue weighted by Gasteiger charge is 2.34. The van der Waals surface area contributed by atoms with E-state index in [-0.39, 0.29) is 22.8 Å². The molecule has 0 aliphatic heterocycles. The SMILES string of the molecule is NCc1c(C(F)(F)F)ccc(Cl)c1N. The highest BCUT2D eigenvalue weighted by atomic mass is 35.5. The van der Waals surface area contributed by atoms with Gasteiger partial charge < -0.3 is 11.5 Å². The first-order valence-electron chi connectivity index (χ1n) is 3.72. The second-order valence-corrected chi connectivity index (χ2v) is 3.10. The monoisotopic (exact) mass is 224 g/mol. The van der Waals surface area contributed by atoms with E-state index in [0.717, 1.165) is 12.1 Å². The van der Waals surface area contributed by atoms with E-state index in [1.165, 1.54) is 0 Å². The predicted molar refractivity (Wildman–Crippen MR) is 48.8 cm³/mol. The Morgan fingerprint density at radius 1 is 1.29 bits per heavy atom. The molecule has 0 spiro atoms. The number of hydrogen-bond donors (Lipinski definition) is 2. The molecular formula is C8H8ClF3N2. The molecule has 78 valence electrons. The van der Waals surface area contributed by atoms with Gasteiger partial charge in [-0.3, -0.25) is 0 Å². The molecule has 2 nitrogen and oxygen atoms in total. The number of nitrogen functional groups attached to an aromatic ring is 1. The van der Waals surface area contributed by atoms with Crippen molar-refractivity contribution in [3.05, 3.63) is 28.3 Å². The number of anilines is 1. The lowest BCUT2D eigenvalue weighted by Crippen LogP contribution is -2.14. The molecule has 14 heavy (non-hydrogen) atoms. The van der Waals surface area contributed by atoms with Gasteiger partial charge in [0.15, 0.2) is 0 Å². The Morgan fingerprint density at radius 2 is 1.86 bits per heavy atom. The average Bonchev–Trinajstić information content (AvgIpc) is 2.07. The zero-order chi connectivity index (χ0) is 10.9. The summed E-state index contributed by atoms with van der Waals surface area (Å²) in [7, 11) is 0. The van der Waals surface area contributed by atoms with Crippen LogP contribution in [0.3, 0.4) is 0 Å². The van der Waals surface area contributed by atoms with Gasteiger partial charge in [-0.1, -0.05) is 11.6 Å². The quantitative estimate of drug-likeness (QED) is 0.720. The van der Waals surface area contributed by atoms with Crippen molar-refractivity contribution in [1.82, 2.24) is 0 Å². The summed E-state index contributed by atoms with van der Waals surface area (Å²) in [4.78, 5) is 0. The van der Waals surface area contributed by atoms with Crippen LogP contribution in [0.15, 0.2) is 12.1 Å². The maximum absolute atomic E-state index is 12.4. The van der Waals surface area contributed by atoms with Crippen molar-refractivity contribution in [3.8, 4) is 0 Å². The van der Waals surface area contributed by atoms with Crippen LogP contribution in [0.5, 0.6) is 0 Å². The van der Waals surface area contributed by atoms with Gasteiger partial charge in [0.1, 0.15) is 0 Å². The van der Waals surface area contributed by atoms with Crippen LogP contribution in [-0.2, 0) is 12.7 Å². The minimum atomic E-state index is -4.45. The summed E-state index contributed by atoms with van der Waals surface area (Å²) in [6, 6.07) is 1.99. The molecule has 1 aromatic rings. The summed E-state index contributed by atoms with van der Waals surface area (Å²) in [6.07, 6.45) is -4.45. The lowest BCUT2D eigenvalue weighted by atomic mass is 10.1. The molecule has 0 fully saturated rings. The topological polar surface area (TPSA) is 52.0 Å². The lowest BCUT2D eigenvalue weighted by Gasteiger charge is -2.14. The van der Waals surface area contributed by atoms with Gasteiger partial charge >= 0.3 is 6.18 Å². The molecule has 0 aromatic heterocycles. The van der Waals surface area contributed by atoms with E-state index in [1.54, 1.807) is 0 Å². The number of rotatable bonds is 1. The highest BCUT2D eigenvalue weighted by Crippen LogP contribution is 2.36. The van der Waals surface area contributed by atoms with Crippen LogP contribution in [0, 0.1) is 0 Å². The summed E-state index contributed by atoms with van der Waals surface area (Å²) in [5.41, 5.74) is 9.46. The van der Waals surface area contributed by atoms with Crippen LogP contribution in [-0.4, -0.2) is 0 Å². The van der Waals surface area contributed by atoms with Gasteiger partial charge in [0, 0.05) is 12.1 Å². The van der Waals surface area contributed by atoms with Crippen molar-refractivity contribution >= 4 is 17.3 Å². The van der Waals surface area contributed by atoms with Gasteiger partial charge in [0.2, 0.25) is 0 Å². The van der Waals surface area contributed by atoms with E-state index in [0.29, 0.717) is 0 Å². The standard InChI is InChI=1S/C8H8ClF3N2/c9-6-2-1-5(8(10,11)12)4(3-13)7(6)14/h1-2H,3,13-14H2. The zero-order valence-electron chi connectivity index (χ0n) is 7.03. The lowest BCUT2D eigenvalue weighted by molar-refractivity contribution is -0.138. The van der Waals surface area contributed by atoms with Crippen molar-refractivity contribution in [3.63, 3.8) is 0 Å². The van der Waals surface area contributed by atoms with Gasteiger partial charge in [-0.2, -0.15) is 13.2 Å². The second kappa shape index (κ2) is 3.67. The molecule has 0 saturated carbocycles.